The van der Waals surface area contributed by atoms with E-state index in [1.54, 1.807) is 0 Å². The summed E-state index contributed by atoms with van der Waals surface area (Å²) in [5.74, 6) is 0. The van der Waals surface area contributed by atoms with Gasteiger partial charge in [-0.2, -0.15) is 10.2 Å². The molecule has 0 spiro atoms. The van der Waals surface area contributed by atoms with Crippen LogP contribution in [0.5, 0.6) is 0 Å². The predicted octanol–water partition coefficient (Wildman–Crippen LogP) is 2.44. The average Bonchev–Trinajstić information content (AvgIpc) is 2.44. The fourth-order valence-corrected chi connectivity index (χ4v) is 2.37. The Hall–Kier alpha value is -1.62. The van der Waals surface area contributed by atoms with E-state index in [0.29, 0.717) is 18.6 Å². The normalized spacial score (nSPS) is 23.6. The molecule has 0 atom stereocenters. The third-order valence-electron chi connectivity index (χ3n) is 3.42. The van der Waals surface area contributed by atoms with Crippen LogP contribution >= 0.6 is 0 Å². The lowest BCUT2D eigenvalue weighted by atomic mass is 9.91. The van der Waals surface area contributed by atoms with Crippen molar-refractivity contribution in [3.8, 4) is 0 Å². The van der Waals surface area contributed by atoms with E-state index >= 15 is 0 Å². The molecule has 0 saturated heterocycles. The van der Waals surface area contributed by atoms with Crippen LogP contribution in [0.4, 0.5) is 11.4 Å². The zero-order chi connectivity index (χ0) is 13.5. The monoisotopic (exact) mass is 262 g/mol. The van der Waals surface area contributed by atoms with Crippen molar-refractivity contribution in [2.24, 2.45) is 10.2 Å². The Balaban J connectivity index is 1.75. The fourth-order valence-electron chi connectivity index (χ4n) is 2.37. The van der Waals surface area contributed by atoms with Gasteiger partial charge < -0.3 is 16.2 Å². The highest BCUT2D eigenvalue weighted by molar-refractivity contribution is 5.51. The summed E-state index contributed by atoms with van der Waals surface area (Å²) in [6.45, 7) is 0.501. The smallest absolute Gasteiger partial charge is 0.0830 e. The topological polar surface area (TPSA) is 83.0 Å². The zero-order valence-electron chi connectivity index (χ0n) is 11.1. The van der Waals surface area contributed by atoms with Gasteiger partial charge >= 0.3 is 0 Å². The van der Waals surface area contributed by atoms with Gasteiger partial charge in [0.05, 0.1) is 19.2 Å². The molecule has 2 rings (SSSR count). The Morgan fingerprint density at radius 1 is 1.16 bits per heavy atom. The van der Waals surface area contributed by atoms with Crippen molar-refractivity contribution < 1.29 is 5.11 Å². The van der Waals surface area contributed by atoms with E-state index < -0.39 is 0 Å². The third-order valence-corrected chi connectivity index (χ3v) is 3.42. The number of nitrogens with zero attached hydrogens (tertiary/aromatic N) is 2. The van der Waals surface area contributed by atoms with Crippen LogP contribution in [0.15, 0.2) is 34.5 Å². The number of hydrogen-bond acceptors (Lipinski definition) is 5. The van der Waals surface area contributed by atoms with E-state index in [1.165, 1.54) is 0 Å². The number of anilines is 2. The molecule has 0 unspecified atom stereocenters. The van der Waals surface area contributed by atoms with Gasteiger partial charge in [0.25, 0.3) is 0 Å². The molecule has 0 aromatic heterocycles. The molecule has 0 heterocycles. The van der Waals surface area contributed by atoms with E-state index in [4.69, 9.17) is 10.8 Å². The average molecular weight is 262 g/mol. The van der Waals surface area contributed by atoms with Gasteiger partial charge in [-0.3, -0.25) is 0 Å². The van der Waals surface area contributed by atoms with Crippen molar-refractivity contribution in [1.29, 1.82) is 0 Å². The van der Waals surface area contributed by atoms with Gasteiger partial charge in [-0.1, -0.05) is 0 Å². The van der Waals surface area contributed by atoms with Gasteiger partial charge in [-0.15, -0.1) is 0 Å². The molecular formula is C14H22N4O. The summed E-state index contributed by atoms with van der Waals surface area (Å²) in [5, 5.41) is 20.4. The highest BCUT2D eigenvalue weighted by Crippen LogP contribution is 2.24. The second-order valence-electron chi connectivity index (χ2n) is 4.98. The molecule has 0 bridgehead atoms. The van der Waals surface area contributed by atoms with E-state index in [9.17, 15) is 0 Å². The number of aliphatic hydroxyl groups excluding tert-OH is 1. The molecule has 1 aliphatic carbocycles. The number of nitrogens with one attached hydrogen (secondary N) is 1. The summed E-state index contributed by atoms with van der Waals surface area (Å²) in [4.78, 5) is 0. The van der Waals surface area contributed by atoms with Crippen molar-refractivity contribution in [1.82, 2.24) is 0 Å². The van der Waals surface area contributed by atoms with Crippen molar-refractivity contribution in [3.63, 3.8) is 0 Å². The van der Waals surface area contributed by atoms with Gasteiger partial charge in [0.15, 0.2) is 0 Å². The highest BCUT2D eigenvalue weighted by atomic mass is 16.3. The standard InChI is InChI=1S/C14H22N4O/c15-11-1-3-12(4-2-11)17-13-5-7-14(8-6-13)18-16-9-10-19/h1-4,13-14,17,19H,5-10,15H2. The Labute approximate surface area is 113 Å². The third kappa shape index (κ3) is 4.52. The van der Waals surface area contributed by atoms with Crippen molar-refractivity contribution in [3.05, 3.63) is 24.3 Å². The van der Waals surface area contributed by atoms with Gasteiger partial charge in [0.1, 0.15) is 0 Å². The van der Waals surface area contributed by atoms with Crippen LogP contribution < -0.4 is 11.1 Å². The molecule has 19 heavy (non-hydrogen) atoms. The van der Waals surface area contributed by atoms with Crippen molar-refractivity contribution in [2.45, 2.75) is 37.8 Å². The number of benzene rings is 1. The number of azo groups is 1. The lowest BCUT2D eigenvalue weighted by Gasteiger charge is -2.27. The van der Waals surface area contributed by atoms with Crippen LogP contribution in [0.2, 0.25) is 0 Å². The van der Waals surface area contributed by atoms with Gasteiger partial charge in [0, 0.05) is 17.4 Å². The summed E-state index contributed by atoms with van der Waals surface area (Å²) in [5.41, 5.74) is 7.58. The van der Waals surface area contributed by atoms with Crippen LogP contribution in [0.3, 0.4) is 0 Å². The zero-order valence-corrected chi connectivity index (χ0v) is 11.1. The number of nitrogens with two attached hydrogens (primary N) is 1. The summed E-state index contributed by atoms with van der Waals surface area (Å²) in [7, 11) is 0. The van der Waals surface area contributed by atoms with E-state index in [0.717, 1.165) is 37.1 Å². The molecule has 5 nitrogen and oxygen atoms in total. The molecule has 0 radical (unpaired) electrons. The lowest BCUT2D eigenvalue weighted by Crippen LogP contribution is -2.27. The minimum atomic E-state index is 0.0809. The molecule has 1 saturated carbocycles. The maximum Gasteiger partial charge on any atom is 0.0830 e. The summed E-state index contributed by atoms with van der Waals surface area (Å²) < 4.78 is 0. The molecule has 0 aliphatic heterocycles. The second kappa shape index (κ2) is 7.09. The Bertz CT molecular complexity index is 396. The molecule has 5 heteroatoms. The number of nitrogen functional groups attached to an aromatic ring is 1. The Morgan fingerprint density at radius 3 is 2.47 bits per heavy atom. The molecule has 0 amide bonds. The minimum absolute atomic E-state index is 0.0809. The molecule has 1 aromatic carbocycles. The fraction of sp³-hybridized carbons (Fsp3) is 0.571. The first kappa shape index (κ1) is 13.8. The molecule has 1 aliphatic rings. The number of aliphatic hydroxyl groups is 1. The summed E-state index contributed by atoms with van der Waals surface area (Å²) in [6.07, 6.45) is 4.32. The van der Waals surface area contributed by atoms with Crippen molar-refractivity contribution >= 4 is 11.4 Å². The Morgan fingerprint density at radius 2 is 1.84 bits per heavy atom. The van der Waals surface area contributed by atoms with Crippen molar-refractivity contribution in [2.75, 3.05) is 24.2 Å². The van der Waals surface area contributed by atoms with Crippen LogP contribution in [-0.2, 0) is 0 Å². The molecule has 4 N–H and O–H groups in total. The van der Waals surface area contributed by atoms with Gasteiger partial charge in [0.2, 0.25) is 0 Å². The largest absolute Gasteiger partial charge is 0.399 e. The summed E-state index contributed by atoms with van der Waals surface area (Å²) >= 11 is 0. The quantitative estimate of drug-likeness (QED) is 0.563. The first-order chi connectivity index (χ1) is 9.28. The summed E-state index contributed by atoms with van der Waals surface area (Å²) in [6, 6.07) is 8.70. The number of rotatable bonds is 5. The lowest BCUT2D eigenvalue weighted by molar-refractivity contribution is 0.301. The maximum absolute atomic E-state index is 8.65. The van der Waals surface area contributed by atoms with E-state index in [-0.39, 0.29) is 6.61 Å². The first-order valence-electron chi connectivity index (χ1n) is 6.87. The SMILES string of the molecule is Nc1ccc(NC2CCC(N=NCCO)CC2)cc1. The number of hydrogen-bond donors (Lipinski definition) is 3. The predicted molar refractivity (Wildman–Crippen MR) is 77.3 cm³/mol. The maximum atomic E-state index is 8.65. The van der Waals surface area contributed by atoms with Crippen LogP contribution in [0.1, 0.15) is 25.7 Å². The molecular weight excluding hydrogens is 240 g/mol. The molecule has 1 fully saturated rings. The van der Waals surface area contributed by atoms with Gasteiger partial charge in [-0.25, -0.2) is 0 Å². The minimum Gasteiger partial charge on any atom is -0.399 e. The van der Waals surface area contributed by atoms with Crippen LogP contribution in [0, 0.1) is 0 Å². The molecule has 1 aromatic rings. The second-order valence-corrected chi connectivity index (χ2v) is 4.98. The van der Waals surface area contributed by atoms with E-state index in [2.05, 4.69) is 15.5 Å². The molecule has 104 valence electrons. The van der Waals surface area contributed by atoms with Gasteiger partial charge in [-0.05, 0) is 49.9 Å². The highest BCUT2D eigenvalue weighted by Gasteiger charge is 2.20. The Kier molecular flexibility index (Phi) is 5.15. The van der Waals surface area contributed by atoms with Crippen LogP contribution in [-0.4, -0.2) is 30.3 Å². The first-order valence-corrected chi connectivity index (χ1v) is 6.87. The van der Waals surface area contributed by atoms with E-state index in [1.807, 2.05) is 24.3 Å². The van der Waals surface area contributed by atoms with Crippen LogP contribution in [0.25, 0.3) is 0 Å².